The number of imide groups is 1. The first-order valence-electron chi connectivity index (χ1n) is 10.9. The average molecular weight is 450 g/mol. The number of amides is 2. The Kier molecular flexibility index (Phi) is 5.09. The van der Waals surface area contributed by atoms with Crippen molar-refractivity contribution in [1.29, 1.82) is 0 Å². The van der Waals surface area contributed by atoms with E-state index in [4.69, 9.17) is 0 Å². The lowest BCUT2D eigenvalue weighted by Gasteiger charge is -2.15. The van der Waals surface area contributed by atoms with Crippen LogP contribution in [0.15, 0.2) is 79.1 Å². The van der Waals surface area contributed by atoms with E-state index in [0.29, 0.717) is 17.1 Å². The second-order valence-corrected chi connectivity index (χ2v) is 8.32. The second kappa shape index (κ2) is 8.12. The van der Waals surface area contributed by atoms with Crippen LogP contribution in [-0.2, 0) is 9.59 Å². The zero-order valence-electron chi connectivity index (χ0n) is 19.0. The highest BCUT2D eigenvalue weighted by atomic mass is 16.3. The van der Waals surface area contributed by atoms with Gasteiger partial charge >= 0.3 is 5.91 Å². The Morgan fingerprint density at radius 3 is 1.94 bits per heavy atom. The summed E-state index contributed by atoms with van der Waals surface area (Å²) in [6, 6.07) is 19.7. The fourth-order valence-electron chi connectivity index (χ4n) is 4.37. The number of carbonyl (C=O) groups excluding carboxylic acids is 2. The summed E-state index contributed by atoms with van der Waals surface area (Å²) in [6.07, 6.45) is 3.56. The molecule has 0 fully saturated rings. The van der Waals surface area contributed by atoms with Crippen LogP contribution in [0.5, 0.6) is 5.88 Å². The molecule has 2 aromatic heterocycles. The van der Waals surface area contributed by atoms with Gasteiger partial charge in [0, 0.05) is 16.7 Å². The topological polar surface area (TPSA) is 82.1 Å². The first-order valence-corrected chi connectivity index (χ1v) is 10.9. The number of benzene rings is 2. The minimum atomic E-state index is -0.550. The molecule has 1 aliphatic heterocycles. The third kappa shape index (κ3) is 3.38. The number of anilines is 1. The number of para-hydroxylation sites is 2. The number of hydrogen-bond acceptors (Lipinski definition) is 4. The maximum atomic E-state index is 13.8. The number of rotatable bonds is 4. The number of nitrogens with zero attached hydrogens (tertiary/aromatic N) is 4. The predicted octanol–water partition coefficient (Wildman–Crippen LogP) is 3.10. The third-order valence-corrected chi connectivity index (χ3v) is 5.74. The van der Waals surface area contributed by atoms with Crippen LogP contribution < -0.4 is 14.6 Å². The van der Waals surface area contributed by atoms with Crippen molar-refractivity contribution >= 4 is 28.8 Å². The van der Waals surface area contributed by atoms with Crippen LogP contribution in [0, 0.1) is 20.8 Å². The van der Waals surface area contributed by atoms with Crippen LogP contribution in [0.25, 0.3) is 17.0 Å². The van der Waals surface area contributed by atoms with Gasteiger partial charge in [-0.15, -0.1) is 0 Å². The molecule has 3 heterocycles. The smallest absolute Gasteiger partial charge is 0.331 e. The SMILES string of the molecule is Cc1cc(C)c[n+](C2=C(c3c(C)nn(-c4ccccc4)c3[O-])C(=O)N(c3ccccc3)C2=O)c1. The quantitative estimate of drug-likeness (QED) is 0.353. The fraction of sp³-hybridized carbons (Fsp3) is 0.111. The molecule has 0 saturated heterocycles. The molecule has 1 aliphatic rings. The van der Waals surface area contributed by atoms with Gasteiger partial charge in [-0.05, 0) is 57.0 Å². The van der Waals surface area contributed by atoms with Crippen molar-refractivity contribution in [2.75, 3.05) is 4.90 Å². The minimum absolute atomic E-state index is 0.0496. The number of aryl methyl sites for hydroxylation is 3. The fourth-order valence-corrected chi connectivity index (χ4v) is 4.37. The zero-order chi connectivity index (χ0) is 24.0. The molecule has 4 aromatic rings. The Morgan fingerprint density at radius 1 is 0.794 bits per heavy atom. The van der Waals surface area contributed by atoms with Gasteiger partial charge in [-0.25, -0.2) is 9.58 Å². The Bertz CT molecular complexity index is 1450. The normalized spacial score (nSPS) is 13.8. The molecule has 0 aliphatic carbocycles. The number of hydrogen-bond donors (Lipinski definition) is 0. The summed E-state index contributed by atoms with van der Waals surface area (Å²) < 4.78 is 2.91. The summed E-state index contributed by atoms with van der Waals surface area (Å²) in [7, 11) is 0. The van der Waals surface area contributed by atoms with E-state index < -0.39 is 17.7 Å². The Balaban J connectivity index is 1.78. The maximum absolute atomic E-state index is 13.8. The Labute approximate surface area is 196 Å². The van der Waals surface area contributed by atoms with Gasteiger partial charge in [-0.2, -0.15) is 9.67 Å². The van der Waals surface area contributed by atoms with E-state index in [1.807, 2.05) is 44.2 Å². The van der Waals surface area contributed by atoms with Crippen LogP contribution >= 0.6 is 0 Å². The minimum Gasteiger partial charge on any atom is -0.858 e. The summed E-state index contributed by atoms with van der Waals surface area (Å²) in [5, 5.41) is 18.0. The molecule has 2 aromatic carbocycles. The molecular weight excluding hydrogens is 428 g/mol. The van der Waals surface area contributed by atoms with E-state index in [0.717, 1.165) is 16.0 Å². The molecular formula is C27H22N4O3. The van der Waals surface area contributed by atoms with Crippen molar-refractivity contribution in [3.8, 4) is 11.6 Å². The number of pyridine rings is 1. The summed E-state index contributed by atoms with van der Waals surface area (Å²) in [5.74, 6) is -1.49. The Hall–Kier alpha value is -4.52. The lowest BCUT2D eigenvalue weighted by molar-refractivity contribution is -0.577. The van der Waals surface area contributed by atoms with Crippen LogP contribution in [0.4, 0.5) is 5.69 Å². The molecule has 0 saturated carbocycles. The van der Waals surface area contributed by atoms with Crippen molar-refractivity contribution in [2.24, 2.45) is 0 Å². The van der Waals surface area contributed by atoms with E-state index in [1.165, 1.54) is 4.68 Å². The second-order valence-electron chi connectivity index (χ2n) is 8.32. The largest absolute Gasteiger partial charge is 0.858 e. The molecule has 0 atom stereocenters. The lowest BCUT2D eigenvalue weighted by atomic mass is 10.0. The van der Waals surface area contributed by atoms with Gasteiger partial charge in [0.1, 0.15) is 5.57 Å². The van der Waals surface area contributed by atoms with Gasteiger partial charge < -0.3 is 5.11 Å². The Morgan fingerprint density at radius 2 is 1.35 bits per heavy atom. The highest BCUT2D eigenvalue weighted by molar-refractivity contribution is 6.53. The number of aromatic nitrogens is 3. The van der Waals surface area contributed by atoms with Gasteiger partial charge in [0.2, 0.25) is 0 Å². The molecule has 168 valence electrons. The first-order chi connectivity index (χ1) is 16.4. The molecule has 0 unspecified atom stereocenters. The summed E-state index contributed by atoms with van der Waals surface area (Å²) in [4.78, 5) is 28.6. The van der Waals surface area contributed by atoms with Crippen molar-refractivity contribution in [1.82, 2.24) is 9.78 Å². The molecule has 7 heteroatoms. The van der Waals surface area contributed by atoms with Crippen molar-refractivity contribution in [2.45, 2.75) is 20.8 Å². The summed E-state index contributed by atoms with van der Waals surface area (Å²) >= 11 is 0. The van der Waals surface area contributed by atoms with Crippen LogP contribution in [0.2, 0.25) is 0 Å². The lowest BCUT2D eigenvalue weighted by Crippen LogP contribution is -2.40. The molecule has 0 spiro atoms. The molecule has 0 N–H and O–H groups in total. The molecule has 0 radical (unpaired) electrons. The predicted molar refractivity (Wildman–Crippen MR) is 126 cm³/mol. The van der Waals surface area contributed by atoms with Crippen LogP contribution in [0.3, 0.4) is 0 Å². The summed E-state index contributed by atoms with van der Waals surface area (Å²) in [6.45, 7) is 5.51. The van der Waals surface area contributed by atoms with Gasteiger partial charge in [0.15, 0.2) is 12.4 Å². The third-order valence-electron chi connectivity index (χ3n) is 5.74. The molecule has 0 bridgehead atoms. The van der Waals surface area contributed by atoms with Crippen LogP contribution in [-0.4, -0.2) is 21.6 Å². The van der Waals surface area contributed by atoms with Gasteiger partial charge in [0.25, 0.3) is 11.6 Å². The molecule has 7 nitrogen and oxygen atoms in total. The average Bonchev–Trinajstić information content (AvgIpc) is 3.25. The maximum Gasteiger partial charge on any atom is 0.331 e. The van der Waals surface area contributed by atoms with Gasteiger partial charge in [0.05, 0.1) is 17.1 Å². The van der Waals surface area contributed by atoms with E-state index >= 15 is 0 Å². The standard InChI is InChI=1S/C27H22N4O3/c1-17-14-18(2)16-29(15-17)24-23(25(32)30(27(24)34)20-10-6-4-7-11-20)22-19(3)28-31(26(22)33)21-12-8-5-9-13-21/h4-16H,1-3H3. The van der Waals surface area contributed by atoms with E-state index in [2.05, 4.69) is 5.10 Å². The zero-order valence-corrected chi connectivity index (χ0v) is 19.0. The van der Waals surface area contributed by atoms with Crippen molar-refractivity contribution in [3.63, 3.8) is 0 Å². The highest BCUT2D eigenvalue weighted by Gasteiger charge is 2.47. The molecule has 34 heavy (non-hydrogen) atoms. The molecule has 2 amide bonds. The van der Waals surface area contributed by atoms with E-state index in [1.54, 1.807) is 60.3 Å². The van der Waals surface area contributed by atoms with Crippen molar-refractivity contribution < 1.29 is 19.3 Å². The summed E-state index contributed by atoms with van der Waals surface area (Å²) in [5.41, 5.74) is 3.55. The van der Waals surface area contributed by atoms with E-state index in [-0.39, 0.29) is 16.8 Å². The monoisotopic (exact) mass is 450 g/mol. The van der Waals surface area contributed by atoms with Gasteiger partial charge in [-0.1, -0.05) is 36.4 Å². The number of carbonyl (C=O) groups is 2. The van der Waals surface area contributed by atoms with Crippen molar-refractivity contribution in [3.05, 3.63) is 102 Å². The van der Waals surface area contributed by atoms with Gasteiger partial charge in [-0.3, -0.25) is 9.59 Å². The highest BCUT2D eigenvalue weighted by Crippen LogP contribution is 2.38. The molecule has 5 rings (SSSR count). The van der Waals surface area contributed by atoms with Crippen LogP contribution in [0.1, 0.15) is 22.4 Å². The first kappa shape index (κ1) is 21.3. The van der Waals surface area contributed by atoms with E-state index in [9.17, 15) is 14.7 Å².